The van der Waals surface area contributed by atoms with Crippen molar-refractivity contribution in [2.75, 3.05) is 26.7 Å². The summed E-state index contributed by atoms with van der Waals surface area (Å²) in [5.74, 6) is 0.803. The van der Waals surface area contributed by atoms with Crippen molar-refractivity contribution in [1.82, 2.24) is 10.2 Å². The van der Waals surface area contributed by atoms with Crippen LogP contribution in [0.15, 0.2) is 0 Å². The summed E-state index contributed by atoms with van der Waals surface area (Å²) in [6.07, 6.45) is 9.89. The number of likely N-dealkylation sites (tertiary alicyclic amines) is 1. The predicted octanol–water partition coefficient (Wildman–Crippen LogP) is 2.00. The lowest BCUT2D eigenvalue weighted by Crippen LogP contribution is -2.38. The highest BCUT2D eigenvalue weighted by molar-refractivity contribution is 4.76. The summed E-state index contributed by atoms with van der Waals surface area (Å²) in [4.78, 5) is 2.53. The number of aliphatic hydroxyl groups excluding tert-OH is 1. The number of nitrogens with zero attached hydrogens (tertiary/aromatic N) is 1. The molecular weight excluding hydrogens is 224 g/mol. The normalized spacial score (nSPS) is 34.7. The Morgan fingerprint density at radius 1 is 1.11 bits per heavy atom. The van der Waals surface area contributed by atoms with E-state index in [1.165, 1.54) is 45.1 Å². The fraction of sp³-hybridized carbons (Fsp3) is 1.00. The average Bonchev–Trinajstić information content (AvgIpc) is 2.39. The average molecular weight is 254 g/mol. The lowest BCUT2D eigenvalue weighted by Gasteiger charge is -2.32. The molecule has 0 amide bonds. The molecule has 1 saturated heterocycles. The minimum atomic E-state index is -0.0165. The van der Waals surface area contributed by atoms with E-state index in [0.717, 1.165) is 37.9 Å². The first kappa shape index (κ1) is 14.3. The molecule has 3 nitrogen and oxygen atoms in total. The van der Waals surface area contributed by atoms with Crippen molar-refractivity contribution in [1.29, 1.82) is 0 Å². The van der Waals surface area contributed by atoms with Crippen LogP contribution in [0.2, 0.25) is 0 Å². The highest BCUT2D eigenvalue weighted by atomic mass is 16.3. The molecule has 0 radical (unpaired) electrons. The van der Waals surface area contributed by atoms with Crippen LogP contribution in [0.4, 0.5) is 0 Å². The van der Waals surface area contributed by atoms with Crippen molar-refractivity contribution >= 4 is 0 Å². The van der Waals surface area contributed by atoms with Crippen LogP contribution in [-0.2, 0) is 0 Å². The Kier molecular flexibility index (Phi) is 5.93. The molecule has 2 N–H and O–H groups in total. The van der Waals surface area contributed by atoms with Gasteiger partial charge in [-0.2, -0.15) is 0 Å². The highest BCUT2D eigenvalue weighted by Crippen LogP contribution is 2.23. The highest BCUT2D eigenvalue weighted by Gasteiger charge is 2.20. The lowest BCUT2D eigenvalue weighted by molar-refractivity contribution is 0.108. The number of nitrogens with one attached hydrogen (secondary N) is 1. The van der Waals surface area contributed by atoms with Crippen LogP contribution in [0, 0.1) is 5.92 Å². The summed E-state index contributed by atoms with van der Waals surface area (Å²) in [5.41, 5.74) is 0. The number of rotatable bonds is 5. The predicted molar refractivity (Wildman–Crippen MR) is 75.7 cm³/mol. The van der Waals surface area contributed by atoms with Crippen LogP contribution < -0.4 is 5.32 Å². The first-order valence-corrected chi connectivity index (χ1v) is 7.84. The van der Waals surface area contributed by atoms with Crippen molar-refractivity contribution < 1.29 is 5.11 Å². The third kappa shape index (κ3) is 4.52. The first-order valence-electron chi connectivity index (χ1n) is 7.84. The van der Waals surface area contributed by atoms with Crippen molar-refractivity contribution in [2.45, 2.75) is 63.5 Å². The topological polar surface area (TPSA) is 35.5 Å². The fourth-order valence-corrected chi connectivity index (χ4v) is 3.43. The summed E-state index contributed by atoms with van der Waals surface area (Å²) in [7, 11) is 2.27. The van der Waals surface area contributed by atoms with Gasteiger partial charge < -0.3 is 15.3 Å². The zero-order valence-electron chi connectivity index (χ0n) is 11.9. The Hall–Kier alpha value is -0.120. The molecule has 18 heavy (non-hydrogen) atoms. The second-order valence-electron chi connectivity index (χ2n) is 6.30. The van der Waals surface area contributed by atoms with Gasteiger partial charge in [0.2, 0.25) is 0 Å². The quantitative estimate of drug-likeness (QED) is 0.737. The molecule has 0 bridgehead atoms. The molecule has 1 unspecified atom stereocenters. The van der Waals surface area contributed by atoms with Gasteiger partial charge in [0.05, 0.1) is 6.10 Å². The van der Waals surface area contributed by atoms with Gasteiger partial charge >= 0.3 is 0 Å². The third-order valence-corrected chi connectivity index (χ3v) is 4.83. The van der Waals surface area contributed by atoms with Crippen molar-refractivity contribution in [3.8, 4) is 0 Å². The lowest BCUT2D eigenvalue weighted by atomic mass is 9.87. The second-order valence-corrected chi connectivity index (χ2v) is 6.30. The number of hydrogen-bond donors (Lipinski definition) is 2. The molecule has 0 aromatic heterocycles. The van der Waals surface area contributed by atoms with Gasteiger partial charge in [0.25, 0.3) is 0 Å². The maximum absolute atomic E-state index is 9.47. The molecule has 1 heterocycles. The number of hydrogen-bond acceptors (Lipinski definition) is 3. The molecule has 2 rings (SSSR count). The Bertz CT molecular complexity index is 227. The van der Waals surface area contributed by atoms with Gasteiger partial charge in [-0.15, -0.1) is 0 Å². The third-order valence-electron chi connectivity index (χ3n) is 4.83. The van der Waals surface area contributed by atoms with Crippen molar-refractivity contribution in [2.24, 2.45) is 5.92 Å². The number of piperidine rings is 1. The summed E-state index contributed by atoms with van der Waals surface area (Å²) < 4.78 is 0. The van der Waals surface area contributed by atoms with Gasteiger partial charge in [-0.25, -0.2) is 0 Å². The van der Waals surface area contributed by atoms with Gasteiger partial charge in [0, 0.05) is 6.04 Å². The SMILES string of the molecule is CN1CCCCC1CCNCC1CCC(O)CC1. The monoisotopic (exact) mass is 254 g/mol. The molecule has 1 saturated carbocycles. The van der Waals surface area contributed by atoms with Gasteiger partial charge in [-0.1, -0.05) is 6.42 Å². The first-order chi connectivity index (χ1) is 8.75. The fourth-order valence-electron chi connectivity index (χ4n) is 3.43. The van der Waals surface area contributed by atoms with E-state index in [9.17, 15) is 5.11 Å². The Morgan fingerprint density at radius 3 is 2.61 bits per heavy atom. The van der Waals surface area contributed by atoms with E-state index in [-0.39, 0.29) is 6.10 Å². The standard InChI is InChI=1S/C15H30N2O/c1-17-11-3-2-4-14(17)9-10-16-12-13-5-7-15(18)8-6-13/h13-16,18H,2-12H2,1H3. The maximum atomic E-state index is 9.47. The minimum absolute atomic E-state index is 0.0165. The molecule has 0 aromatic carbocycles. The van der Waals surface area contributed by atoms with Gasteiger partial charge in [0.15, 0.2) is 0 Å². The summed E-state index contributed by atoms with van der Waals surface area (Å²) in [6, 6.07) is 0.805. The Balaban J connectivity index is 1.53. The van der Waals surface area contributed by atoms with Crippen LogP contribution >= 0.6 is 0 Å². The van der Waals surface area contributed by atoms with E-state index < -0.39 is 0 Å². The molecule has 0 aromatic rings. The molecule has 1 aliphatic heterocycles. The maximum Gasteiger partial charge on any atom is 0.0540 e. The van der Waals surface area contributed by atoms with Crippen molar-refractivity contribution in [3.63, 3.8) is 0 Å². The molecule has 2 fully saturated rings. The zero-order valence-corrected chi connectivity index (χ0v) is 11.9. The van der Waals surface area contributed by atoms with Crippen LogP contribution in [0.5, 0.6) is 0 Å². The Morgan fingerprint density at radius 2 is 1.89 bits per heavy atom. The summed E-state index contributed by atoms with van der Waals surface area (Å²) in [5, 5.41) is 13.1. The second kappa shape index (κ2) is 7.46. The molecule has 1 atom stereocenters. The molecule has 2 aliphatic rings. The zero-order chi connectivity index (χ0) is 12.8. The van der Waals surface area contributed by atoms with Crippen LogP contribution in [-0.4, -0.2) is 48.8 Å². The van der Waals surface area contributed by atoms with Crippen LogP contribution in [0.1, 0.15) is 51.4 Å². The smallest absolute Gasteiger partial charge is 0.0540 e. The van der Waals surface area contributed by atoms with Gasteiger partial charge in [-0.3, -0.25) is 0 Å². The van der Waals surface area contributed by atoms with E-state index >= 15 is 0 Å². The van der Waals surface area contributed by atoms with Gasteiger partial charge in [0.1, 0.15) is 0 Å². The van der Waals surface area contributed by atoms with E-state index in [1.807, 2.05) is 0 Å². The van der Waals surface area contributed by atoms with Crippen molar-refractivity contribution in [3.05, 3.63) is 0 Å². The van der Waals surface area contributed by atoms with Crippen LogP contribution in [0.25, 0.3) is 0 Å². The van der Waals surface area contributed by atoms with Crippen LogP contribution in [0.3, 0.4) is 0 Å². The summed E-state index contributed by atoms with van der Waals surface area (Å²) in [6.45, 7) is 3.60. The molecule has 1 aliphatic carbocycles. The van der Waals surface area contributed by atoms with Gasteiger partial charge in [-0.05, 0) is 77.5 Å². The Labute approximate surface area is 112 Å². The van der Waals surface area contributed by atoms with E-state index in [0.29, 0.717) is 0 Å². The molecule has 3 heteroatoms. The molecule has 106 valence electrons. The van der Waals surface area contributed by atoms with E-state index in [4.69, 9.17) is 0 Å². The van der Waals surface area contributed by atoms with E-state index in [1.54, 1.807) is 0 Å². The van der Waals surface area contributed by atoms with E-state index in [2.05, 4.69) is 17.3 Å². The summed E-state index contributed by atoms with van der Waals surface area (Å²) >= 11 is 0. The minimum Gasteiger partial charge on any atom is -0.393 e. The molecular formula is C15H30N2O. The largest absolute Gasteiger partial charge is 0.393 e. The number of aliphatic hydroxyl groups is 1. The molecule has 0 spiro atoms.